The van der Waals surface area contributed by atoms with Gasteiger partial charge in [-0.3, -0.25) is 9.59 Å². The summed E-state index contributed by atoms with van der Waals surface area (Å²) < 4.78 is 10.5. The van der Waals surface area contributed by atoms with Crippen LogP contribution >= 0.6 is 11.6 Å². The van der Waals surface area contributed by atoms with Crippen LogP contribution in [0.25, 0.3) is 0 Å². The van der Waals surface area contributed by atoms with Gasteiger partial charge in [-0.1, -0.05) is 41.9 Å². The number of rotatable bonds is 5. The maximum atomic E-state index is 13.0. The largest absolute Gasteiger partial charge is 0.495 e. The number of benzene rings is 2. The minimum Gasteiger partial charge on any atom is -0.495 e. The topological polar surface area (TPSA) is 67.9 Å². The summed E-state index contributed by atoms with van der Waals surface area (Å²) >= 11 is 6.18. The molecule has 3 rings (SSSR count). The average molecular weight is 389 g/mol. The van der Waals surface area contributed by atoms with Gasteiger partial charge in [0.05, 0.1) is 36.9 Å². The number of hydrogen-bond donors (Lipinski definition) is 1. The fraction of sp³-hybridized carbons (Fsp3) is 0.300. The Morgan fingerprint density at radius 3 is 2.44 bits per heavy atom. The Balaban J connectivity index is 1.89. The highest BCUT2D eigenvalue weighted by Crippen LogP contribution is 2.40. The molecule has 2 unspecified atom stereocenters. The number of likely N-dealkylation sites (tertiary alicyclic amines) is 1. The minimum absolute atomic E-state index is 0.0660. The van der Waals surface area contributed by atoms with E-state index in [-0.39, 0.29) is 24.3 Å². The second kappa shape index (κ2) is 7.88. The van der Waals surface area contributed by atoms with Crippen LogP contribution in [0, 0.1) is 5.92 Å². The molecule has 1 saturated heterocycles. The summed E-state index contributed by atoms with van der Waals surface area (Å²) in [6, 6.07) is 12.4. The molecule has 2 atom stereocenters. The van der Waals surface area contributed by atoms with E-state index in [0.717, 1.165) is 5.56 Å². The van der Waals surface area contributed by atoms with Crippen molar-refractivity contribution in [3.05, 3.63) is 53.1 Å². The van der Waals surface area contributed by atoms with Crippen LogP contribution in [0.4, 0.5) is 5.69 Å². The van der Waals surface area contributed by atoms with E-state index < -0.39 is 5.92 Å². The zero-order valence-electron chi connectivity index (χ0n) is 15.4. The lowest BCUT2D eigenvalue weighted by molar-refractivity contribution is -0.127. The lowest BCUT2D eigenvalue weighted by Gasteiger charge is -2.25. The van der Waals surface area contributed by atoms with Crippen LogP contribution in [-0.2, 0) is 9.59 Å². The molecule has 142 valence electrons. The zero-order chi connectivity index (χ0) is 19.6. The van der Waals surface area contributed by atoms with Crippen LogP contribution in [0.5, 0.6) is 11.5 Å². The predicted molar refractivity (Wildman–Crippen MR) is 103 cm³/mol. The van der Waals surface area contributed by atoms with Gasteiger partial charge in [0.2, 0.25) is 11.8 Å². The van der Waals surface area contributed by atoms with E-state index in [9.17, 15) is 9.59 Å². The molecule has 0 aromatic heterocycles. The van der Waals surface area contributed by atoms with Crippen molar-refractivity contribution in [1.82, 2.24) is 4.90 Å². The van der Waals surface area contributed by atoms with Gasteiger partial charge in [0.1, 0.15) is 11.5 Å². The van der Waals surface area contributed by atoms with Gasteiger partial charge in [-0.25, -0.2) is 0 Å². The van der Waals surface area contributed by atoms with E-state index in [0.29, 0.717) is 22.2 Å². The fourth-order valence-electron chi connectivity index (χ4n) is 3.39. The summed E-state index contributed by atoms with van der Waals surface area (Å²) in [7, 11) is 4.72. The van der Waals surface area contributed by atoms with Gasteiger partial charge in [-0.2, -0.15) is 0 Å². The number of amides is 2. The van der Waals surface area contributed by atoms with Crippen molar-refractivity contribution in [3.8, 4) is 11.5 Å². The summed E-state index contributed by atoms with van der Waals surface area (Å²) in [5.41, 5.74) is 1.35. The van der Waals surface area contributed by atoms with Gasteiger partial charge >= 0.3 is 0 Å². The van der Waals surface area contributed by atoms with E-state index in [4.69, 9.17) is 21.1 Å². The molecule has 0 spiro atoms. The van der Waals surface area contributed by atoms with Crippen molar-refractivity contribution < 1.29 is 19.1 Å². The Labute approximate surface area is 163 Å². The maximum absolute atomic E-state index is 13.0. The molecule has 0 bridgehead atoms. The van der Waals surface area contributed by atoms with E-state index in [1.54, 1.807) is 24.1 Å². The minimum atomic E-state index is -0.518. The molecular weight excluding hydrogens is 368 g/mol. The Bertz CT molecular complexity index is 857. The molecule has 1 fully saturated rings. The van der Waals surface area contributed by atoms with Crippen LogP contribution < -0.4 is 14.8 Å². The quantitative estimate of drug-likeness (QED) is 0.851. The second-order valence-corrected chi connectivity index (χ2v) is 6.75. The first-order valence-electron chi connectivity index (χ1n) is 8.49. The number of ether oxygens (including phenoxy) is 2. The number of carbonyl (C=O) groups excluding carboxylic acids is 2. The third-order valence-electron chi connectivity index (χ3n) is 4.80. The second-order valence-electron chi connectivity index (χ2n) is 6.35. The van der Waals surface area contributed by atoms with E-state index in [1.807, 2.05) is 30.3 Å². The molecular formula is C20H21ClN2O4. The van der Waals surface area contributed by atoms with E-state index >= 15 is 0 Å². The van der Waals surface area contributed by atoms with Gasteiger partial charge in [0.15, 0.2) is 0 Å². The molecule has 0 saturated carbocycles. The molecule has 6 nitrogen and oxygen atoms in total. The number of nitrogens with one attached hydrogen (secondary N) is 1. The molecule has 2 amide bonds. The molecule has 1 aliphatic heterocycles. The first-order chi connectivity index (χ1) is 13.0. The molecule has 1 N–H and O–H groups in total. The highest BCUT2D eigenvalue weighted by Gasteiger charge is 2.42. The lowest BCUT2D eigenvalue weighted by Crippen LogP contribution is -2.30. The summed E-state index contributed by atoms with van der Waals surface area (Å²) in [4.78, 5) is 26.9. The molecule has 2 aromatic rings. The van der Waals surface area contributed by atoms with Crippen molar-refractivity contribution >= 4 is 29.1 Å². The summed E-state index contributed by atoms with van der Waals surface area (Å²) in [5, 5.41) is 3.21. The van der Waals surface area contributed by atoms with Crippen molar-refractivity contribution in [1.29, 1.82) is 0 Å². The van der Waals surface area contributed by atoms with Crippen LogP contribution in [0.1, 0.15) is 18.0 Å². The Morgan fingerprint density at radius 2 is 1.81 bits per heavy atom. The predicted octanol–water partition coefficient (Wildman–Crippen LogP) is 3.52. The molecule has 7 heteroatoms. The van der Waals surface area contributed by atoms with Crippen LogP contribution in [0.15, 0.2) is 42.5 Å². The monoisotopic (exact) mass is 388 g/mol. The third kappa shape index (κ3) is 3.71. The molecule has 27 heavy (non-hydrogen) atoms. The molecule has 0 radical (unpaired) electrons. The maximum Gasteiger partial charge on any atom is 0.230 e. The summed E-state index contributed by atoms with van der Waals surface area (Å²) in [6.45, 7) is 0. The number of anilines is 1. The number of carbonyl (C=O) groups is 2. The van der Waals surface area contributed by atoms with Crippen LogP contribution in [-0.4, -0.2) is 38.0 Å². The SMILES string of the molecule is COc1cc(OC)c(NC(=O)C2CC(=O)N(C)C2c2ccccc2)cc1Cl. The van der Waals surface area contributed by atoms with Gasteiger partial charge in [0, 0.05) is 19.5 Å². The van der Waals surface area contributed by atoms with Crippen molar-refractivity contribution in [2.24, 2.45) is 5.92 Å². The number of halogens is 1. The first-order valence-corrected chi connectivity index (χ1v) is 8.87. The van der Waals surface area contributed by atoms with Crippen molar-refractivity contribution in [3.63, 3.8) is 0 Å². The zero-order valence-corrected chi connectivity index (χ0v) is 16.1. The molecule has 1 aliphatic rings. The summed E-state index contributed by atoms with van der Waals surface area (Å²) in [6.07, 6.45) is 0.147. The van der Waals surface area contributed by atoms with E-state index in [1.165, 1.54) is 14.2 Å². The van der Waals surface area contributed by atoms with E-state index in [2.05, 4.69) is 5.32 Å². The Kier molecular flexibility index (Phi) is 5.56. The van der Waals surface area contributed by atoms with Crippen molar-refractivity contribution in [2.45, 2.75) is 12.5 Å². The van der Waals surface area contributed by atoms with Gasteiger partial charge < -0.3 is 19.7 Å². The van der Waals surface area contributed by atoms with Crippen molar-refractivity contribution in [2.75, 3.05) is 26.6 Å². The standard InChI is InChI=1S/C20H21ClN2O4/c1-23-18(24)9-13(19(23)12-7-5-4-6-8-12)20(25)22-15-10-14(21)16(26-2)11-17(15)27-3/h4-8,10-11,13,19H,9H2,1-3H3,(H,22,25). The normalized spacial score (nSPS) is 19.1. The first kappa shape index (κ1) is 19.0. The van der Waals surface area contributed by atoms with Crippen LogP contribution in [0.3, 0.4) is 0 Å². The lowest BCUT2D eigenvalue weighted by atomic mass is 9.93. The molecule has 2 aromatic carbocycles. The fourth-order valence-corrected chi connectivity index (χ4v) is 3.63. The Hall–Kier alpha value is -2.73. The number of hydrogen-bond acceptors (Lipinski definition) is 4. The van der Waals surface area contributed by atoms with Gasteiger partial charge in [0.25, 0.3) is 0 Å². The summed E-state index contributed by atoms with van der Waals surface area (Å²) in [5.74, 6) is 0.0308. The number of nitrogens with zero attached hydrogens (tertiary/aromatic N) is 1. The average Bonchev–Trinajstić information content (AvgIpc) is 2.97. The Morgan fingerprint density at radius 1 is 1.15 bits per heavy atom. The smallest absolute Gasteiger partial charge is 0.230 e. The van der Waals surface area contributed by atoms with Gasteiger partial charge in [-0.15, -0.1) is 0 Å². The molecule has 1 heterocycles. The van der Waals surface area contributed by atoms with Crippen LogP contribution in [0.2, 0.25) is 5.02 Å². The third-order valence-corrected chi connectivity index (χ3v) is 5.09. The molecule has 0 aliphatic carbocycles. The highest BCUT2D eigenvalue weighted by atomic mass is 35.5. The number of methoxy groups -OCH3 is 2. The van der Waals surface area contributed by atoms with Gasteiger partial charge in [-0.05, 0) is 11.6 Å². The highest BCUT2D eigenvalue weighted by molar-refractivity contribution is 6.32.